The highest BCUT2D eigenvalue weighted by atomic mass is 32.2. The number of thioether (sulfide) groups is 1. The monoisotopic (exact) mass is 461 g/mol. The summed E-state index contributed by atoms with van der Waals surface area (Å²) >= 11 is 0.985. The molecule has 0 aliphatic heterocycles. The number of hydrogen-bond acceptors (Lipinski definition) is 4. The zero-order valence-corrected chi connectivity index (χ0v) is 18.7. The molecule has 0 spiro atoms. The first kappa shape index (κ1) is 21.7. The molecular formula is C24H26F3N3OS. The number of aromatic nitrogens is 2. The van der Waals surface area contributed by atoms with Crippen LogP contribution < -0.4 is 5.32 Å². The van der Waals surface area contributed by atoms with Crippen molar-refractivity contribution in [3.05, 3.63) is 42.1 Å². The van der Waals surface area contributed by atoms with Gasteiger partial charge in [-0.3, -0.25) is 4.79 Å². The highest BCUT2D eigenvalue weighted by Crippen LogP contribution is 2.55. The lowest BCUT2D eigenvalue weighted by Crippen LogP contribution is -2.60. The lowest BCUT2D eigenvalue weighted by Gasteiger charge is -2.57. The van der Waals surface area contributed by atoms with Crippen molar-refractivity contribution in [1.82, 2.24) is 15.3 Å². The number of benzene rings is 1. The molecule has 2 aromatic rings. The van der Waals surface area contributed by atoms with E-state index >= 15 is 0 Å². The van der Waals surface area contributed by atoms with Crippen molar-refractivity contribution >= 4 is 17.7 Å². The number of hydrogen-bond donors (Lipinski definition) is 1. The Morgan fingerprint density at radius 1 is 1.06 bits per heavy atom. The number of carbonyl (C=O) groups excluding carboxylic acids is 1. The highest BCUT2D eigenvalue weighted by Gasteiger charge is 2.51. The van der Waals surface area contributed by atoms with Crippen LogP contribution in [0.25, 0.3) is 11.3 Å². The number of amides is 1. The van der Waals surface area contributed by atoms with Crippen LogP contribution in [-0.2, 0) is 11.0 Å². The summed E-state index contributed by atoms with van der Waals surface area (Å²) in [6.45, 7) is 1.71. The fraction of sp³-hybridized carbons (Fsp3) is 0.542. The number of nitrogens with one attached hydrogen (secondary N) is 1. The van der Waals surface area contributed by atoms with E-state index in [0.29, 0.717) is 23.3 Å². The maximum absolute atomic E-state index is 13.5. The van der Waals surface area contributed by atoms with Crippen LogP contribution in [0.15, 0.2) is 41.6 Å². The van der Waals surface area contributed by atoms with Crippen LogP contribution in [0.3, 0.4) is 0 Å². The average molecular weight is 462 g/mol. The van der Waals surface area contributed by atoms with Crippen molar-refractivity contribution in [2.24, 2.45) is 17.8 Å². The van der Waals surface area contributed by atoms with Gasteiger partial charge >= 0.3 is 6.18 Å². The van der Waals surface area contributed by atoms with Crippen molar-refractivity contribution in [3.63, 3.8) is 0 Å². The average Bonchev–Trinajstić information content (AvgIpc) is 2.72. The van der Waals surface area contributed by atoms with Crippen LogP contribution in [0.2, 0.25) is 0 Å². The Hall–Kier alpha value is -2.09. The van der Waals surface area contributed by atoms with E-state index in [9.17, 15) is 18.0 Å². The van der Waals surface area contributed by atoms with E-state index in [-0.39, 0.29) is 22.3 Å². The third-order valence-electron chi connectivity index (χ3n) is 7.14. The van der Waals surface area contributed by atoms with Crippen LogP contribution in [0.5, 0.6) is 0 Å². The van der Waals surface area contributed by atoms with Crippen molar-refractivity contribution in [1.29, 1.82) is 0 Å². The maximum Gasteiger partial charge on any atom is 0.433 e. The van der Waals surface area contributed by atoms with E-state index in [1.54, 1.807) is 37.3 Å². The van der Waals surface area contributed by atoms with Gasteiger partial charge in [0, 0.05) is 11.1 Å². The normalized spacial score (nSPS) is 29.7. The van der Waals surface area contributed by atoms with Gasteiger partial charge in [-0.1, -0.05) is 42.1 Å². The standard InChI is InChI=1S/C24H26F3N3OS/c1-14(21(31)30-23-11-15-7-16(12-23)9-17(8-15)13-23)32-22-28-19(18-5-3-2-4-6-18)10-20(29-22)24(25,26)27/h2-6,10,14-17H,7-9,11-13H2,1H3,(H,30,31). The molecule has 1 unspecified atom stereocenters. The molecule has 170 valence electrons. The van der Waals surface area contributed by atoms with Crippen molar-refractivity contribution < 1.29 is 18.0 Å². The lowest BCUT2D eigenvalue weighted by atomic mass is 9.53. The predicted molar refractivity (Wildman–Crippen MR) is 117 cm³/mol. The molecular weight excluding hydrogens is 435 g/mol. The minimum atomic E-state index is -4.59. The number of alkyl halides is 3. The van der Waals surface area contributed by atoms with E-state index in [4.69, 9.17) is 0 Å². The molecule has 6 rings (SSSR count). The largest absolute Gasteiger partial charge is 0.433 e. The summed E-state index contributed by atoms with van der Waals surface area (Å²) in [5, 5.41) is 2.67. The van der Waals surface area contributed by atoms with Crippen molar-refractivity contribution in [2.45, 2.75) is 67.6 Å². The van der Waals surface area contributed by atoms with Crippen LogP contribution in [0.1, 0.15) is 51.1 Å². The minimum Gasteiger partial charge on any atom is -0.350 e. The Labute approximate surface area is 189 Å². The van der Waals surface area contributed by atoms with Crippen molar-refractivity contribution in [3.8, 4) is 11.3 Å². The molecule has 32 heavy (non-hydrogen) atoms. The Balaban J connectivity index is 1.34. The van der Waals surface area contributed by atoms with Gasteiger partial charge in [0.2, 0.25) is 5.91 Å². The fourth-order valence-electron chi connectivity index (χ4n) is 6.22. The van der Waals surface area contributed by atoms with E-state index in [2.05, 4.69) is 15.3 Å². The molecule has 4 bridgehead atoms. The molecule has 4 fully saturated rings. The van der Waals surface area contributed by atoms with Gasteiger partial charge in [-0.2, -0.15) is 13.2 Å². The fourth-order valence-corrected chi connectivity index (χ4v) is 7.00. The molecule has 1 N–H and O–H groups in total. The topological polar surface area (TPSA) is 54.9 Å². The second-order valence-electron chi connectivity index (χ2n) is 9.73. The van der Waals surface area contributed by atoms with Crippen LogP contribution in [-0.4, -0.2) is 26.7 Å². The Bertz CT molecular complexity index is 976. The quantitative estimate of drug-likeness (QED) is 0.457. The molecule has 1 aromatic carbocycles. The molecule has 1 atom stereocenters. The second kappa shape index (κ2) is 8.04. The smallest absolute Gasteiger partial charge is 0.350 e. The van der Waals surface area contributed by atoms with Gasteiger partial charge in [0.15, 0.2) is 5.16 Å². The molecule has 8 heteroatoms. The molecule has 1 aromatic heterocycles. The summed E-state index contributed by atoms with van der Waals surface area (Å²) < 4.78 is 40.4. The zero-order chi connectivity index (χ0) is 22.5. The molecule has 4 aliphatic rings. The van der Waals surface area contributed by atoms with Gasteiger partial charge in [-0.15, -0.1) is 0 Å². The number of halogens is 3. The highest BCUT2D eigenvalue weighted by molar-refractivity contribution is 8.00. The Kier molecular flexibility index (Phi) is 5.47. The number of nitrogens with zero attached hydrogens (tertiary/aromatic N) is 2. The third kappa shape index (κ3) is 4.38. The van der Waals surface area contributed by atoms with Gasteiger partial charge in [0.25, 0.3) is 0 Å². The van der Waals surface area contributed by atoms with E-state index in [1.165, 1.54) is 19.3 Å². The van der Waals surface area contributed by atoms with E-state index in [1.807, 2.05) is 0 Å². The summed E-state index contributed by atoms with van der Waals surface area (Å²) in [5.74, 6) is 1.96. The van der Waals surface area contributed by atoms with E-state index < -0.39 is 17.1 Å². The predicted octanol–water partition coefficient (Wildman–Crippen LogP) is 5.73. The molecule has 1 amide bonds. The summed E-state index contributed by atoms with van der Waals surface area (Å²) in [6, 6.07) is 9.67. The van der Waals surface area contributed by atoms with Crippen LogP contribution >= 0.6 is 11.8 Å². The SMILES string of the molecule is CC(Sc1nc(-c2ccccc2)cc(C(F)(F)F)n1)C(=O)NC12CC3CC(CC(C3)C1)C2. The van der Waals surface area contributed by atoms with Gasteiger partial charge < -0.3 is 5.32 Å². The summed E-state index contributed by atoms with van der Waals surface area (Å²) in [7, 11) is 0. The summed E-state index contributed by atoms with van der Waals surface area (Å²) in [4.78, 5) is 21.1. The first-order valence-corrected chi connectivity index (χ1v) is 12.1. The van der Waals surface area contributed by atoms with Gasteiger partial charge in [0.1, 0.15) is 5.69 Å². The van der Waals surface area contributed by atoms with Crippen LogP contribution in [0, 0.1) is 17.8 Å². The number of rotatable bonds is 5. The summed E-state index contributed by atoms with van der Waals surface area (Å²) in [6.07, 6.45) is 2.33. The second-order valence-corrected chi connectivity index (χ2v) is 11.0. The minimum absolute atomic E-state index is 0.0353. The van der Waals surface area contributed by atoms with Crippen molar-refractivity contribution in [2.75, 3.05) is 0 Å². The van der Waals surface area contributed by atoms with Gasteiger partial charge in [-0.25, -0.2) is 9.97 Å². The molecule has 4 nitrogen and oxygen atoms in total. The maximum atomic E-state index is 13.5. The first-order valence-electron chi connectivity index (χ1n) is 11.2. The molecule has 0 radical (unpaired) electrons. The molecule has 4 saturated carbocycles. The van der Waals surface area contributed by atoms with Gasteiger partial charge in [0.05, 0.1) is 10.9 Å². The molecule has 1 heterocycles. The van der Waals surface area contributed by atoms with E-state index in [0.717, 1.165) is 37.1 Å². The van der Waals surface area contributed by atoms with Gasteiger partial charge in [-0.05, 0) is 69.3 Å². The number of carbonyl (C=O) groups is 1. The first-order chi connectivity index (χ1) is 15.2. The molecule has 4 aliphatic carbocycles. The third-order valence-corrected chi connectivity index (χ3v) is 8.10. The Morgan fingerprint density at radius 2 is 1.66 bits per heavy atom. The van der Waals surface area contributed by atoms with Crippen LogP contribution in [0.4, 0.5) is 13.2 Å². The lowest BCUT2D eigenvalue weighted by molar-refractivity contribution is -0.141. The summed E-state index contributed by atoms with van der Waals surface area (Å²) in [5.41, 5.74) is -0.357. The Morgan fingerprint density at radius 3 is 2.22 bits per heavy atom. The zero-order valence-electron chi connectivity index (χ0n) is 17.9. The molecule has 0 saturated heterocycles.